The van der Waals surface area contributed by atoms with Crippen molar-refractivity contribution in [1.82, 2.24) is 4.98 Å². The number of aliphatic imine (C=N–C) groups is 2. The average molecular weight is 445 g/mol. The lowest BCUT2D eigenvalue weighted by atomic mass is 10.0. The number of thiazole rings is 1. The Hall–Kier alpha value is -2.08. The zero-order valence-corrected chi connectivity index (χ0v) is 18.1. The molecule has 5 nitrogen and oxygen atoms in total. The van der Waals surface area contributed by atoms with Crippen LogP contribution in [0, 0.1) is 0 Å². The van der Waals surface area contributed by atoms with Crippen LogP contribution in [0.25, 0.3) is 0 Å². The van der Waals surface area contributed by atoms with E-state index >= 15 is 0 Å². The lowest BCUT2D eigenvalue weighted by Gasteiger charge is -2.28. The molecule has 0 N–H and O–H groups in total. The number of halogens is 1. The van der Waals surface area contributed by atoms with Crippen molar-refractivity contribution < 1.29 is 4.79 Å². The van der Waals surface area contributed by atoms with Gasteiger partial charge in [0.2, 0.25) is 5.96 Å². The lowest BCUT2D eigenvalue weighted by Crippen LogP contribution is -2.33. The third kappa shape index (κ3) is 3.95. The quantitative estimate of drug-likeness (QED) is 0.609. The number of aromatic nitrogens is 1. The molecule has 7 heteroatoms. The van der Waals surface area contributed by atoms with Crippen molar-refractivity contribution in [2.75, 3.05) is 11.4 Å². The minimum absolute atomic E-state index is 0.443. The van der Waals surface area contributed by atoms with Gasteiger partial charge in [0.1, 0.15) is 17.0 Å². The molecular weight excluding hydrogens is 424 g/mol. The molecular formula is C20H21BrN4OS. The second-order valence-corrected chi connectivity index (χ2v) is 8.31. The first-order chi connectivity index (χ1) is 13.0. The maximum atomic E-state index is 11.5. The van der Waals surface area contributed by atoms with E-state index in [0.29, 0.717) is 29.7 Å². The Bertz CT molecular complexity index is 943. The summed E-state index contributed by atoms with van der Waals surface area (Å²) in [6.07, 6.45) is 1.72. The van der Waals surface area contributed by atoms with E-state index in [-0.39, 0.29) is 0 Å². The molecule has 0 bridgehead atoms. The second kappa shape index (κ2) is 8.30. The van der Waals surface area contributed by atoms with Crippen molar-refractivity contribution in [2.24, 2.45) is 9.98 Å². The van der Waals surface area contributed by atoms with E-state index < -0.39 is 6.04 Å². The monoisotopic (exact) mass is 444 g/mol. The van der Waals surface area contributed by atoms with E-state index in [9.17, 15) is 4.79 Å². The SMILES string of the molecule is CCN(C1=NC(c2nccs2)C(=C=O)C(C)=N1)c1ccc(C(C)C)cc1Br. The summed E-state index contributed by atoms with van der Waals surface area (Å²) in [4.78, 5) is 27.2. The summed E-state index contributed by atoms with van der Waals surface area (Å²) in [5.41, 5.74) is 3.33. The molecule has 140 valence electrons. The van der Waals surface area contributed by atoms with Crippen molar-refractivity contribution >= 4 is 50.6 Å². The van der Waals surface area contributed by atoms with Gasteiger partial charge in [0.05, 0.1) is 17.0 Å². The fourth-order valence-corrected chi connectivity index (χ4v) is 4.24. The molecule has 1 atom stereocenters. The lowest BCUT2D eigenvalue weighted by molar-refractivity contribution is 0.566. The van der Waals surface area contributed by atoms with Gasteiger partial charge in [-0.05, 0) is 53.4 Å². The van der Waals surface area contributed by atoms with Crippen LogP contribution in [0.4, 0.5) is 5.69 Å². The van der Waals surface area contributed by atoms with Crippen LogP contribution >= 0.6 is 27.3 Å². The first-order valence-corrected chi connectivity index (χ1v) is 10.5. The summed E-state index contributed by atoms with van der Waals surface area (Å²) in [7, 11) is 0. The Labute approximate surface area is 171 Å². The standard InChI is InChI=1S/C20H21BrN4OS/c1-5-25(17-7-6-14(12(2)3)10-16(17)21)20-23-13(4)15(11-26)18(24-20)19-22-8-9-27-19/h6-10,12,18H,5H2,1-4H3. The molecule has 0 radical (unpaired) electrons. The van der Waals surface area contributed by atoms with E-state index in [2.05, 4.69) is 64.9 Å². The fourth-order valence-electron chi connectivity index (χ4n) is 2.95. The maximum absolute atomic E-state index is 11.5. The van der Waals surface area contributed by atoms with Crippen LogP contribution < -0.4 is 4.90 Å². The van der Waals surface area contributed by atoms with Gasteiger partial charge in [0.25, 0.3) is 0 Å². The number of rotatable bonds is 4. The smallest absolute Gasteiger partial charge is 0.226 e. The number of anilines is 1. The third-order valence-electron chi connectivity index (χ3n) is 4.46. The Kier molecular flexibility index (Phi) is 6.05. The van der Waals surface area contributed by atoms with Gasteiger partial charge in [0.15, 0.2) is 0 Å². The van der Waals surface area contributed by atoms with Gasteiger partial charge < -0.3 is 4.90 Å². The van der Waals surface area contributed by atoms with Crippen molar-refractivity contribution in [1.29, 1.82) is 0 Å². The van der Waals surface area contributed by atoms with Gasteiger partial charge in [-0.15, -0.1) is 11.3 Å². The summed E-state index contributed by atoms with van der Waals surface area (Å²) < 4.78 is 0.994. The van der Waals surface area contributed by atoms with Crippen LogP contribution in [0.15, 0.2) is 49.8 Å². The van der Waals surface area contributed by atoms with Crippen molar-refractivity contribution in [2.45, 2.75) is 39.7 Å². The number of hydrogen-bond donors (Lipinski definition) is 0. The van der Waals surface area contributed by atoms with Crippen LogP contribution in [-0.2, 0) is 4.79 Å². The molecule has 0 amide bonds. The molecule has 2 heterocycles. The van der Waals surface area contributed by atoms with Gasteiger partial charge in [-0.2, -0.15) is 0 Å². The van der Waals surface area contributed by atoms with Crippen LogP contribution in [-0.4, -0.2) is 29.1 Å². The third-order valence-corrected chi connectivity index (χ3v) is 5.92. The predicted octanol–water partition coefficient (Wildman–Crippen LogP) is 5.19. The van der Waals surface area contributed by atoms with Gasteiger partial charge >= 0.3 is 0 Å². The molecule has 1 aromatic heterocycles. The largest absolute Gasteiger partial charge is 0.310 e. The average Bonchev–Trinajstić information content (AvgIpc) is 3.17. The molecule has 1 aliphatic rings. The van der Waals surface area contributed by atoms with E-state index in [1.54, 1.807) is 6.20 Å². The highest BCUT2D eigenvalue weighted by atomic mass is 79.9. The van der Waals surface area contributed by atoms with Crippen LogP contribution in [0.3, 0.4) is 0 Å². The molecule has 0 saturated carbocycles. The number of benzene rings is 1. The van der Waals surface area contributed by atoms with E-state index in [4.69, 9.17) is 4.99 Å². The zero-order chi connectivity index (χ0) is 19.6. The number of nitrogens with zero attached hydrogens (tertiary/aromatic N) is 4. The highest BCUT2D eigenvalue weighted by Gasteiger charge is 2.29. The Morgan fingerprint density at radius 1 is 1.37 bits per heavy atom. The molecule has 0 fully saturated rings. The van der Waals surface area contributed by atoms with Crippen molar-refractivity contribution in [3.63, 3.8) is 0 Å². The molecule has 2 aromatic rings. The molecule has 1 unspecified atom stereocenters. The van der Waals surface area contributed by atoms with E-state index in [0.717, 1.165) is 15.2 Å². The number of guanidine groups is 1. The molecule has 1 aromatic carbocycles. The van der Waals surface area contributed by atoms with Crippen molar-refractivity contribution in [3.05, 3.63) is 50.4 Å². The minimum atomic E-state index is -0.460. The summed E-state index contributed by atoms with van der Waals surface area (Å²) in [6.45, 7) is 8.91. The molecule has 3 rings (SSSR count). The van der Waals surface area contributed by atoms with Gasteiger partial charge in [-0.25, -0.2) is 19.8 Å². The summed E-state index contributed by atoms with van der Waals surface area (Å²) in [5.74, 6) is 3.04. The molecule has 1 aliphatic heterocycles. The normalized spacial score (nSPS) is 16.8. The van der Waals surface area contributed by atoms with E-state index in [1.807, 2.05) is 23.1 Å². The fraction of sp³-hybridized carbons (Fsp3) is 0.350. The second-order valence-electron chi connectivity index (χ2n) is 6.52. The van der Waals surface area contributed by atoms with Crippen LogP contribution in [0.2, 0.25) is 0 Å². The van der Waals surface area contributed by atoms with Gasteiger partial charge in [-0.3, -0.25) is 0 Å². The highest BCUT2D eigenvalue weighted by molar-refractivity contribution is 9.10. The van der Waals surface area contributed by atoms with Crippen LogP contribution in [0.5, 0.6) is 0 Å². The molecule has 0 spiro atoms. The first kappa shape index (κ1) is 19.7. The number of carbonyl (C=O) groups excluding carboxylic acids is 1. The Balaban J connectivity index is 2.06. The van der Waals surface area contributed by atoms with Crippen LogP contribution in [0.1, 0.15) is 50.2 Å². The number of hydrogen-bond acceptors (Lipinski definition) is 6. The van der Waals surface area contributed by atoms with E-state index in [1.165, 1.54) is 16.9 Å². The minimum Gasteiger partial charge on any atom is -0.310 e. The highest BCUT2D eigenvalue weighted by Crippen LogP contribution is 2.34. The molecule has 27 heavy (non-hydrogen) atoms. The van der Waals surface area contributed by atoms with Gasteiger partial charge in [-0.1, -0.05) is 19.9 Å². The molecule has 0 saturated heterocycles. The van der Waals surface area contributed by atoms with Gasteiger partial charge in [0, 0.05) is 22.6 Å². The molecule has 0 aliphatic carbocycles. The Morgan fingerprint density at radius 3 is 2.70 bits per heavy atom. The summed E-state index contributed by atoms with van der Waals surface area (Å²) in [5, 5.41) is 2.65. The maximum Gasteiger partial charge on any atom is 0.226 e. The summed E-state index contributed by atoms with van der Waals surface area (Å²) in [6, 6.07) is 5.89. The first-order valence-electron chi connectivity index (χ1n) is 8.81. The Morgan fingerprint density at radius 2 is 2.15 bits per heavy atom. The van der Waals surface area contributed by atoms with Crippen molar-refractivity contribution in [3.8, 4) is 0 Å². The zero-order valence-electron chi connectivity index (χ0n) is 15.7. The predicted molar refractivity (Wildman–Crippen MR) is 116 cm³/mol. The summed E-state index contributed by atoms with van der Waals surface area (Å²) >= 11 is 5.17. The topological polar surface area (TPSA) is 57.9 Å².